The lowest BCUT2D eigenvalue weighted by Gasteiger charge is -2.09. The van der Waals surface area contributed by atoms with Crippen LogP contribution in [0.25, 0.3) is 17.0 Å². The number of anilines is 1. The highest BCUT2D eigenvalue weighted by molar-refractivity contribution is 7.98. The molecule has 0 aliphatic carbocycles. The molecule has 9 heteroatoms. The van der Waals surface area contributed by atoms with Crippen LogP contribution in [0.2, 0.25) is 0 Å². The zero-order valence-electron chi connectivity index (χ0n) is 17.5. The summed E-state index contributed by atoms with van der Waals surface area (Å²) < 4.78 is 1.70. The SMILES string of the molecule is CSc1nc2nc(C)c(CC(=O)Nc3nc(-c4ccc(C)cc4)c(C)s3)c(C)n2n1. The lowest BCUT2D eigenvalue weighted by Crippen LogP contribution is -2.17. The molecule has 0 saturated carbocycles. The number of aryl methyl sites for hydroxylation is 4. The van der Waals surface area contributed by atoms with Crippen LogP contribution in [0.3, 0.4) is 0 Å². The van der Waals surface area contributed by atoms with E-state index in [0.717, 1.165) is 33.1 Å². The number of benzene rings is 1. The summed E-state index contributed by atoms with van der Waals surface area (Å²) in [5.41, 5.74) is 5.66. The maximum atomic E-state index is 12.8. The van der Waals surface area contributed by atoms with Crippen LogP contribution in [0.15, 0.2) is 29.4 Å². The molecule has 0 fully saturated rings. The first-order chi connectivity index (χ1) is 14.4. The van der Waals surface area contributed by atoms with E-state index in [2.05, 4.69) is 56.6 Å². The predicted molar refractivity (Wildman–Crippen MR) is 121 cm³/mol. The van der Waals surface area contributed by atoms with Crippen LogP contribution in [0.1, 0.15) is 27.4 Å². The first-order valence-electron chi connectivity index (χ1n) is 9.47. The molecule has 3 aromatic heterocycles. The number of hydrogen-bond acceptors (Lipinski definition) is 7. The summed E-state index contributed by atoms with van der Waals surface area (Å²) in [5, 5.41) is 8.65. The van der Waals surface area contributed by atoms with Crippen molar-refractivity contribution in [3.05, 3.63) is 51.7 Å². The minimum atomic E-state index is -0.128. The molecule has 30 heavy (non-hydrogen) atoms. The van der Waals surface area contributed by atoms with Gasteiger partial charge in [-0.15, -0.1) is 16.4 Å². The Morgan fingerprint density at radius 1 is 1.10 bits per heavy atom. The maximum Gasteiger partial charge on any atom is 0.253 e. The number of aromatic nitrogens is 5. The fourth-order valence-corrected chi connectivity index (χ4v) is 4.47. The third-order valence-corrected chi connectivity index (χ3v) is 6.34. The molecule has 1 N–H and O–H groups in total. The molecule has 0 saturated heterocycles. The number of thiazole rings is 1. The van der Waals surface area contributed by atoms with Crippen molar-refractivity contribution in [2.45, 2.75) is 39.3 Å². The molecule has 0 aliphatic heterocycles. The van der Waals surface area contributed by atoms with Crippen molar-refractivity contribution >= 4 is 39.9 Å². The largest absolute Gasteiger partial charge is 0.302 e. The second-order valence-electron chi connectivity index (χ2n) is 7.09. The van der Waals surface area contributed by atoms with Gasteiger partial charge < -0.3 is 5.32 Å². The molecule has 7 nitrogen and oxygen atoms in total. The van der Waals surface area contributed by atoms with Crippen LogP contribution in [-0.4, -0.2) is 36.7 Å². The Balaban J connectivity index is 1.55. The van der Waals surface area contributed by atoms with Gasteiger partial charge in [0.15, 0.2) is 5.13 Å². The molecule has 3 heterocycles. The van der Waals surface area contributed by atoms with Gasteiger partial charge in [0, 0.05) is 27.4 Å². The standard InChI is InChI=1S/C21H22N6OS2/c1-11-6-8-15(9-7-11)18-14(4)30-20(24-18)23-17(28)10-16-12(2)22-19-25-21(29-5)26-27(19)13(16)3/h6-9H,10H2,1-5H3,(H,23,24,28). The quantitative estimate of drug-likeness (QED) is 0.465. The van der Waals surface area contributed by atoms with Gasteiger partial charge >= 0.3 is 0 Å². The fourth-order valence-electron chi connectivity index (χ4n) is 3.29. The number of nitrogens with zero attached hydrogens (tertiary/aromatic N) is 5. The number of rotatable bonds is 5. The summed E-state index contributed by atoms with van der Waals surface area (Å²) in [5.74, 6) is 0.425. The molecule has 4 aromatic rings. The Bertz CT molecular complexity index is 1240. The van der Waals surface area contributed by atoms with Crippen molar-refractivity contribution in [2.24, 2.45) is 0 Å². The highest BCUT2D eigenvalue weighted by atomic mass is 32.2. The third kappa shape index (κ3) is 3.95. The van der Waals surface area contributed by atoms with Gasteiger partial charge in [0.1, 0.15) is 0 Å². The number of hydrogen-bond donors (Lipinski definition) is 1. The molecule has 1 amide bonds. The minimum Gasteiger partial charge on any atom is -0.302 e. The summed E-state index contributed by atoms with van der Waals surface area (Å²) in [6.45, 7) is 7.90. The van der Waals surface area contributed by atoms with E-state index in [-0.39, 0.29) is 12.3 Å². The topological polar surface area (TPSA) is 85.1 Å². The minimum absolute atomic E-state index is 0.128. The molecule has 0 spiro atoms. The summed E-state index contributed by atoms with van der Waals surface area (Å²) in [6.07, 6.45) is 2.12. The van der Waals surface area contributed by atoms with Crippen LogP contribution in [-0.2, 0) is 11.2 Å². The first-order valence-corrected chi connectivity index (χ1v) is 11.5. The molecule has 154 valence electrons. The lowest BCUT2D eigenvalue weighted by molar-refractivity contribution is -0.115. The Kier molecular flexibility index (Phi) is 5.57. The van der Waals surface area contributed by atoms with Gasteiger partial charge in [-0.2, -0.15) is 4.98 Å². The second-order valence-corrected chi connectivity index (χ2v) is 9.06. The third-order valence-electron chi connectivity index (χ3n) is 4.92. The van der Waals surface area contributed by atoms with Crippen molar-refractivity contribution in [3.63, 3.8) is 0 Å². The lowest BCUT2D eigenvalue weighted by atomic mass is 10.1. The zero-order valence-corrected chi connectivity index (χ0v) is 19.1. The van der Waals surface area contributed by atoms with E-state index < -0.39 is 0 Å². The summed E-state index contributed by atoms with van der Waals surface area (Å²) >= 11 is 2.94. The van der Waals surface area contributed by atoms with Crippen molar-refractivity contribution in [1.29, 1.82) is 0 Å². The van der Waals surface area contributed by atoms with E-state index in [1.54, 1.807) is 4.52 Å². The van der Waals surface area contributed by atoms with Gasteiger partial charge in [0.25, 0.3) is 5.78 Å². The molecule has 0 bridgehead atoms. The van der Waals surface area contributed by atoms with Gasteiger partial charge in [-0.3, -0.25) is 4.79 Å². The van der Waals surface area contributed by atoms with E-state index in [0.29, 0.717) is 16.1 Å². The summed E-state index contributed by atoms with van der Waals surface area (Å²) in [4.78, 5) is 27.4. The van der Waals surface area contributed by atoms with Crippen LogP contribution < -0.4 is 5.32 Å². The highest BCUT2D eigenvalue weighted by Crippen LogP contribution is 2.30. The smallest absolute Gasteiger partial charge is 0.253 e. The van der Waals surface area contributed by atoms with Crippen molar-refractivity contribution in [1.82, 2.24) is 24.6 Å². The first kappa shape index (κ1) is 20.5. The van der Waals surface area contributed by atoms with Crippen LogP contribution in [0, 0.1) is 27.7 Å². The number of carbonyl (C=O) groups is 1. The number of nitrogens with one attached hydrogen (secondary N) is 1. The summed E-state index contributed by atoms with van der Waals surface area (Å²) in [7, 11) is 0. The number of thioether (sulfide) groups is 1. The average molecular weight is 439 g/mol. The molecule has 0 aliphatic rings. The normalized spacial score (nSPS) is 11.2. The van der Waals surface area contributed by atoms with E-state index >= 15 is 0 Å². The number of fused-ring (bicyclic) bond motifs is 1. The number of amides is 1. The number of carbonyl (C=O) groups excluding carboxylic acids is 1. The van der Waals surface area contributed by atoms with Gasteiger partial charge in [-0.1, -0.05) is 41.6 Å². The predicted octanol–water partition coefficient (Wildman–Crippen LogP) is 4.38. The van der Waals surface area contributed by atoms with Crippen LogP contribution >= 0.6 is 23.1 Å². The molecule has 0 atom stereocenters. The monoisotopic (exact) mass is 438 g/mol. The molecule has 0 unspecified atom stereocenters. The van der Waals surface area contributed by atoms with Crippen molar-refractivity contribution < 1.29 is 4.79 Å². The van der Waals surface area contributed by atoms with Crippen LogP contribution in [0.4, 0.5) is 5.13 Å². The Hall–Kier alpha value is -2.78. The fraction of sp³-hybridized carbons (Fsp3) is 0.286. The Morgan fingerprint density at radius 2 is 1.83 bits per heavy atom. The van der Waals surface area contributed by atoms with E-state index in [1.807, 2.05) is 27.0 Å². The van der Waals surface area contributed by atoms with Gasteiger partial charge in [0.2, 0.25) is 11.1 Å². The van der Waals surface area contributed by atoms with Gasteiger partial charge in [-0.05, 0) is 34.0 Å². The highest BCUT2D eigenvalue weighted by Gasteiger charge is 2.17. The second kappa shape index (κ2) is 8.16. The average Bonchev–Trinajstić information content (AvgIpc) is 3.29. The zero-order chi connectivity index (χ0) is 21.4. The van der Waals surface area contributed by atoms with Gasteiger partial charge in [0.05, 0.1) is 12.1 Å². The Labute approximate surface area is 183 Å². The van der Waals surface area contributed by atoms with Crippen LogP contribution in [0.5, 0.6) is 0 Å². The summed E-state index contributed by atoms with van der Waals surface area (Å²) in [6, 6.07) is 8.23. The van der Waals surface area contributed by atoms with Gasteiger partial charge in [-0.25, -0.2) is 14.5 Å². The van der Waals surface area contributed by atoms with Crippen molar-refractivity contribution in [3.8, 4) is 11.3 Å². The molecular formula is C21H22N6OS2. The van der Waals surface area contributed by atoms with Crippen molar-refractivity contribution in [2.75, 3.05) is 11.6 Å². The molecule has 0 radical (unpaired) electrons. The molecule has 4 rings (SSSR count). The molecular weight excluding hydrogens is 416 g/mol. The van der Waals surface area contributed by atoms with E-state index in [9.17, 15) is 4.79 Å². The van der Waals surface area contributed by atoms with E-state index in [4.69, 9.17) is 0 Å². The maximum absolute atomic E-state index is 12.8. The van der Waals surface area contributed by atoms with E-state index in [1.165, 1.54) is 28.7 Å². The molecule has 1 aromatic carbocycles. The Morgan fingerprint density at radius 3 is 2.53 bits per heavy atom.